The van der Waals surface area contributed by atoms with Crippen molar-refractivity contribution in [2.24, 2.45) is 0 Å². The zero-order valence-corrected chi connectivity index (χ0v) is 15.9. The molecular weight excluding hydrogens is 322 g/mol. The van der Waals surface area contributed by atoms with Crippen molar-refractivity contribution in [3.05, 3.63) is 71.3 Å². The van der Waals surface area contributed by atoms with Crippen molar-refractivity contribution in [1.29, 1.82) is 0 Å². The van der Waals surface area contributed by atoms with Gasteiger partial charge in [-0.3, -0.25) is 9.69 Å². The molecule has 4 nitrogen and oxygen atoms in total. The quantitative estimate of drug-likeness (QED) is 0.801. The van der Waals surface area contributed by atoms with E-state index in [1.54, 1.807) is 0 Å². The standard InChI is InChI=1S/C22H29N3O/c1-19-8-10-21(11-9-19)22(26)25(18-20-6-4-3-5-7-20)17-16-24-14-12-23(2)13-15-24/h3-11H,12-18H2,1-2H3. The molecule has 1 aliphatic rings. The van der Waals surface area contributed by atoms with E-state index in [-0.39, 0.29) is 5.91 Å². The summed E-state index contributed by atoms with van der Waals surface area (Å²) in [5, 5.41) is 0. The summed E-state index contributed by atoms with van der Waals surface area (Å²) < 4.78 is 0. The van der Waals surface area contributed by atoms with Gasteiger partial charge in [-0.15, -0.1) is 0 Å². The first-order valence-corrected chi connectivity index (χ1v) is 9.42. The molecule has 1 fully saturated rings. The largest absolute Gasteiger partial charge is 0.333 e. The van der Waals surface area contributed by atoms with E-state index in [1.165, 1.54) is 11.1 Å². The molecule has 1 aliphatic heterocycles. The summed E-state index contributed by atoms with van der Waals surface area (Å²) in [6.45, 7) is 8.74. The van der Waals surface area contributed by atoms with Crippen LogP contribution in [0.5, 0.6) is 0 Å². The van der Waals surface area contributed by atoms with Crippen LogP contribution in [-0.2, 0) is 6.54 Å². The molecule has 0 atom stereocenters. The van der Waals surface area contributed by atoms with Crippen LogP contribution in [-0.4, -0.2) is 66.9 Å². The van der Waals surface area contributed by atoms with Crippen molar-refractivity contribution in [3.63, 3.8) is 0 Å². The second kappa shape index (κ2) is 8.97. The van der Waals surface area contributed by atoms with Gasteiger partial charge >= 0.3 is 0 Å². The van der Waals surface area contributed by atoms with Gasteiger partial charge in [-0.25, -0.2) is 0 Å². The predicted molar refractivity (Wildman–Crippen MR) is 106 cm³/mol. The lowest BCUT2D eigenvalue weighted by Crippen LogP contribution is -2.47. The van der Waals surface area contributed by atoms with Crippen LogP contribution < -0.4 is 0 Å². The molecule has 0 radical (unpaired) electrons. The summed E-state index contributed by atoms with van der Waals surface area (Å²) in [6.07, 6.45) is 0. The lowest BCUT2D eigenvalue weighted by molar-refractivity contribution is 0.0701. The van der Waals surface area contributed by atoms with E-state index in [0.29, 0.717) is 6.54 Å². The number of carbonyl (C=O) groups excluding carboxylic acids is 1. The van der Waals surface area contributed by atoms with E-state index in [4.69, 9.17) is 0 Å². The van der Waals surface area contributed by atoms with Gasteiger partial charge in [0.15, 0.2) is 0 Å². The van der Waals surface area contributed by atoms with Crippen LogP contribution in [0.25, 0.3) is 0 Å². The minimum Gasteiger partial charge on any atom is -0.333 e. The molecular formula is C22H29N3O. The van der Waals surface area contributed by atoms with Crippen LogP contribution in [0.4, 0.5) is 0 Å². The second-order valence-corrected chi connectivity index (χ2v) is 7.22. The number of benzene rings is 2. The molecule has 0 bridgehead atoms. The van der Waals surface area contributed by atoms with Crippen LogP contribution >= 0.6 is 0 Å². The Hall–Kier alpha value is -2.17. The molecule has 1 saturated heterocycles. The summed E-state index contributed by atoms with van der Waals surface area (Å²) in [7, 11) is 2.17. The minimum absolute atomic E-state index is 0.114. The van der Waals surface area contributed by atoms with E-state index in [2.05, 4.69) is 29.0 Å². The van der Waals surface area contributed by atoms with E-state index >= 15 is 0 Å². The van der Waals surface area contributed by atoms with Crippen molar-refractivity contribution in [2.45, 2.75) is 13.5 Å². The normalized spacial score (nSPS) is 15.8. The topological polar surface area (TPSA) is 26.8 Å². The maximum Gasteiger partial charge on any atom is 0.254 e. The third-order valence-corrected chi connectivity index (χ3v) is 5.08. The predicted octanol–water partition coefficient (Wildman–Crippen LogP) is 2.88. The Morgan fingerprint density at radius 2 is 1.62 bits per heavy atom. The maximum absolute atomic E-state index is 13.1. The van der Waals surface area contributed by atoms with Crippen molar-refractivity contribution in [3.8, 4) is 0 Å². The number of aryl methyl sites for hydroxylation is 1. The number of hydrogen-bond donors (Lipinski definition) is 0. The Bertz CT molecular complexity index is 691. The number of piperazine rings is 1. The van der Waals surface area contributed by atoms with Gasteiger partial charge in [-0.2, -0.15) is 0 Å². The maximum atomic E-state index is 13.1. The fourth-order valence-corrected chi connectivity index (χ4v) is 3.27. The first kappa shape index (κ1) is 18.6. The Labute approximate surface area is 157 Å². The lowest BCUT2D eigenvalue weighted by Gasteiger charge is -2.34. The smallest absolute Gasteiger partial charge is 0.254 e. The van der Waals surface area contributed by atoms with Crippen molar-refractivity contribution in [1.82, 2.24) is 14.7 Å². The molecule has 0 aromatic heterocycles. The number of amides is 1. The van der Waals surface area contributed by atoms with E-state index in [9.17, 15) is 4.79 Å². The summed E-state index contributed by atoms with van der Waals surface area (Å²) in [6, 6.07) is 18.1. The first-order chi connectivity index (χ1) is 12.6. The molecule has 4 heteroatoms. The number of hydrogen-bond acceptors (Lipinski definition) is 3. The van der Waals surface area contributed by atoms with Crippen LogP contribution in [0.3, 0.4) is 0 Å². The van der Waals surface area contributed by atoms with Gasteiger partial charge in [0.05, 0.1) is 0 Å². The van der Waals surface area contributed by atoms with Gasteiger partial charge in [0.25, 0.3) is 5.91 Å². The highest BCUT2D eigenvalue weighted by Gasteiger charge is 2.19. The summed E-state index contributed by atoms with van der Waals surface area (Å²) in [5.41, 5.74) is 3.12. The molecule has 0 aliphatic carbocycles. The van der Waals surface area contributed by atoms with Gasteiger partial charge in [0.2, 0.25) is 0 Å². The molecule has 0 spiro atoms. The molecule has 26 heavy (non-hydrogen) atoms. The summed E-state index contributed by atoms with van der Waals surface area (Å²) >= 11 is 0. The van der Waals surface area contributed by atoms with Crippen molar-refractivity contribution < 1.29 is 4.79 Å². The third kappa shape index (κ3) is 5.16. The van der Waals surface area contributed by atoms with Gasteiger partial charge in [-0.05, 0) is 31.7 Å². The molecule has 0 unspecified atom stereocenters. The highest BCUT2D eigenvalue weighted by atomic mass is 16.2. The van der Waals surface area contributed by atoms with Gasteiger partial charge in [-0.1, -0.05) is 48.0 Å². The molecule has 1 amide bonds. The Morgan fingerprint density at radius 1 is 0.962 bits per heavy atom. The van der Waals surface area contributed by atoms with E-state index < -0.39 is 0 Å². The molecule has 2 aromatic carbocycles. The fourth-order valence-electron chi connectivity index (χ4n) is 3.27. The van der Waals surface area contributed by atoms with Gasteiger partial charge in [0, 0.05) is 51.4 Å². The lowest BCUT2D eigenvalue weighted by atomic mass is 10.1. The zero-order chi connectivity index (χ0) is 18.4. The van der Waals surface area contributed by atoms with E-state index in [1.807, 2.05) is 54.3 Å². The second-order valence-electron chi connectivity index (χ2n) is 7.22. The molecule has 1 heterocycles. The number of nitrogens with zero attached hydrogens (tertiary/aromatic N) is 3. The number of carbonyl (C=O) groups is 1. The zero-order valence-electron chi connectivity index (χ0n) is 15.9. The summed E-state index contributed by atoms with van der Waals surface area (Å²) in [5.74, 6) is 0.114. The highest BCUT2D eigenvalue weighted by Crippen LogP contribution is 2.12. The van der Waals surface area contributed by atoms with Crippen molar-refractivity contribution in [2.75, 3.05) is 46.3 Å². The molecule has 0 saturated carbocycles. The minimum atomic E-state index is 0.114. The Balaban J connectivity index is 1.68. The Morgan fingerprint density at radius 3 is 2.27 bits per heavy atom. The van der Waals surface area contributed by atoms with Gasteiger partial charge in [0.1, 0.15) is 0 Å². The van der Waals surface area contributed by atoms with E-state index in [0.717, 1.165) is 44.8 Å². The van der Waals surface area contributed by atoms with Crippen LogP contribution in [0.2, 0.25) is 0 Å². The Kier molecular flexibility index (Phi) is 6.42. The monoisotopic (exact) mass is 351 g/mol. The number of likely N-dealkylation sites (N-methyl/N-ethyl adjacent to an activating group) is 1. The molecule has 138 valence electrons. The number of rotatable bonds is 6. The van der Waals surface area contributed by atoms with Crippen LogP contribution in [0.1, 0.15) is 21.5 Å². The average molecular weight is 351 g/mol. The van der Waals surface area contributed by atoms with Crippen molar-refractivity contribution >= 4 is 5.91 Å². The third-order valence-electron chi connectivity index (χ3n) is 5.08. The molecule has 2 aromatic rings. The highest BCUT2D eigenvalue weighted by molar-refractivity contribution is 5.94. The molecule has 3 rings (SSSR count). The average Bonchev–Trinajstić information content (AvgIpc) is 2.67. The van der Waals surface area contributed by atoms with Gasteiger partial charge < -0.3 is 9.80 Å². The fraction of sp³-hybridized carbons (Fsp3) is 0.409. The van der Waals surface area contributed by atoms with Crippen LogP contribution in [0.15, 0.2) is 54.6 Å². The first-order valence-electron chi connectivity index (χ1n) is 9.42. The summed E-state index contributed by atoms with van der Waals surface area (Å²) in [4.78, 5) is 19.9. The molecule has 0 N–H and O–H groups in total. The van der Waals surface area contributed by atoms with Crippen LogP contribution in [0, 0.1) is 6.92 Å². The SMILES string of the molecule is Cc1ccc(C(=O)N(CCN2CCN(C)CC2)Cc2ccccc2)cc1.